The van der Waals surface area contributed by atoms with E-state index in [9.17, 15) is 19.5 Å². The second-order valence-corrected chi connectivity index (χ2v) is 9.55. The molecule has 4 rings (SSSR count). The number of hydrogen-bond donors (Lipinski definition) is 1. The molecule has 10 nitrogen and oxygen atoms in total. The Bertz CT molecular complexity index is 1490. The molecule has 11 heteroatoms. The zero-order chi connectivity index (χ0) is 28.4. The molecule has 1 N–H and O–H groups in total. The van der Waals surface area contributed by atoms with E-state index in [1.165, 1.54) is 26.2 Å². The molecule has 1 aromatic heterocycles. The fourth-order valence-corrected chi connectivity index (χ4v) is 5.49. The van der Waals surface area contributed by atoms with Crippen LogP contribution in [0.2, 0.25) is 0 Å². The molecular weight excluding hydrogens is 524 g/mol. The molecule has 0 bridgehead atoms. The Labute approximate surface area is 229 Å². The smallest absolute Gasteiger partial charge is 0.350 e. The van der Waals surface area contributed by atoms with Crippen molar-refractivity contribution in [1.29, 1.82) is 0 Å². The molecule has 1 aliphatic heterocycles. The number of carbonyl (C=O) groups excluding carboxylic acids is 3. The average molecular weight is 553 g/mol. The third-order valence-corrected chi connectivity index (χ3v) is 7.43. The molecule has 3 aromatic rings. The summed E-state index contributed by atoms with van der Waals surface area (Å²) < 4.78 is 21.5. The van der Waals surface area contributed by atoms with Crippen molar-refractivity contribution in [2.75, 3.05) is 32.8 Å². The van der Waals surface area contributed by atoms with E-state index < -0.39 is 23.7 Å². The SMILES string of the molecule is CCOC(=O)c1sc(N2C(=O)C(=O)C(=C(O)c3ccc(OC)c(C)c3)C2c2cccc(OC)c2OC)nc1C. The summed E-state index contributed by atoms with van der Waals surface area (Å²) in [5.74, 6) is -1.56. The maximum absolute atomic E-state index is 13.6. The molecule has 1 unspecified atom stereocenters. The second-order valence-electron chi connectivity index (χ2n) is 8.57. The zero-order valence-electron chi connectivity index (χ0n) is 22.4. The lowest BCUT2D eigenvalue weighted by molar-refractivity contribution is -0.132. The van der Waals surface area contributed by atoms with Gasteiger partial charge in [0.2, 0.25) is 0 Å². The number of carbonyl (C=O) groups is 3. The Morgan fingerprint density at radius 1 is 1.05 bits per heavy atom. The number of benzene rings is 2. The number of ketones is 1. The van der Waals surface area contributed by atoms with Crippen molar-refractivity contribution in [2.24, 2.45) is 0 Å². The summed E-state index contributed by atoms with van der Waals surface area (Å²) in [5, 5.41) is 11.6. The Morgan fingerprint density at radius 3 is 2.38 bits per heavy atom. The van der Waals surface area contributed by atoms with Crippen molar-refractivity contribution in [1.82, 2.24) is 4.98 Å². The van der Waals surface area contributed by atoms with Gasteiger partial charge >= 0.3 is 11.9 Å². The van der Waals surface area contributed by atoms with Crippen molar-refractivity contribution in [3.8, 4) is 17.2 Å². The summed E-state index contributed by atoms with van der Waals surface area (Å²) in [5.41, 5.74) is 1.61. The summed E-state index contributed by atoms with van der Waals surface area (Å²) in [4.78, 5) is 45.4. The van der Waals surface area contributed by atoms with Crippen LogP contribution in [0, 0.1) is 13.8 Å². The molecule has 2 heterocycles. The minimum absolute atomic E-state index is 0.0949. The summed E-state index contributed by atoms with van der Waals surface area (Å²) in [6.45, 7) is 5.26. The number of Topliss-reactive ketones (excluding diaryl/α,β-unsaturated/α-hetero) is 1. The van der Waals surface area contributed by atoms with Crippen LogP contribution in [0.3, 0.4) is 0 Å². The van der Waals surface area contributed by atoms with Crippen LogP contribution in [0.4, 0.5) is 5.13 Å². The first-order chi connectivity index (χ1) is 18.7. The molecule has 1 atom stereocenters. The van der Waals surface area contributed by atoms with E-state index >= 15 is 0 Å². The highest BCUT2D eigenvalue weighted by Crippen LogP contribution is 2.48. The van der Waals surface area contributed by atoms with Gasteiger partial charge in [-0.1, -0.05) is 23.5 Å². The van der Waals surface area contributed by atoms with Gasteiger partial charge in [-0.05, 0) is 50.6 Å². The highest BCUT2D eigenvalue weighted by Gasteiger charge is 2.49. The lowest BCUT2D eigenvalue weighted by atomic mass is 9.94. The molecule has 39 heavy (non-hydrogen) atoms. The van der Waals surface area contributed by atoms with E-state index in [1.807, 2.05) is 0 Å². The van der Waals surface area contributed by atoms with Crippen LogP contribution in [-0.2, 0) is 14.3 Å². The largest absolute Gasteiger partial charge is 0.507 e. The fraction of sp³-hybridized carbons (Fsp3) is 0.286. The number of thiazole rings is 1. The third kappa shape index (κ3) is 4.81. The highest BCUT2D eigenvalue weighted by atomic mass is 32.1. The van der Waals surface area contributed by atoms with E-state index in [-0.39, 0.29) is 33.7 Å². The van der Waals surface area contributed by atoms with Gasteiger partial charge < -0.3 is 24.1 Å². The normalized spacial score (nSPS) is 16.4. The predicted octanol–water partition coefficient (Wildman–Crippen LogP) is 4.59. The number of para-hydroxylation sites is 1. The van der Waals surface area contributed by atoms with Crippen molar-refractivity contribution < 1.29 is 38.4 Å². The van der Waals surface area contributed by atoms with Gasteiger partial charge in [0.1, 0.15) is 22.4 Å². The van der Waals surface area contributed by atoms with Crippen LogP contribution in [0.1, 0.15) is 45.0 Å². The van der Waals surface area contributed by atoms with Crippen molar-refractivity contribution in [2.45, 2.75) is 26.8 Å². The zero-order valence-corrected chi connectivity index (χ0v) is 23.2. The number of methoxy groups -OCH3 is 3. The van der Waals surface area contributed by atoms with Gasteiger partial charge in [0.25, 0.3) is 5.78 Å². The van der Waals surface area contributed by atoms with Crippen LogP contribution < -0.4 is 19.1 Å². The highest BCUT2D eigenvalue weighted by molar-refractivity contribution is 7.17. The topological polar surface area (TPSA) is 124 Å². The van der Waals surface area contributed by atoms with E-state index in [0.29, 0.717) is 28.3 Å². The Morgan fingerprint density at radius 2 is 1.77 bits per heavy atom. The molecule has 1 amide bonds. The van der Waals surface area contributed by atoms with Crippen LogP contribution in [-0.4, -0.2) is 55.7 Å². The van der Waals surface area contributed by atoms with E-state index in [0.717, 1.165) is 16.9 Å². The molecule has 2 aromatic carbocycles. The van der Waals surface area contributed by atoms with Crippen molar-refractivity contribution >= 4 is 39.9 Å². The lowest BCUT2D eigenvalue weighted by Crippen LogP contribution is -2.29. The van der Waals surface area contributed by atoms with Crippen molar-refractivity contribution in [3.05, 3.63) is 69.2 Å². The summed E-state index contributed by atoms with van der Waals surface area (Å²) in [6.07, 6.45) is 0. The Kier molecular flexibility index (Phi) is 7.91. The average Bonchev–Trinajstić information content (AvgIpc) is 3.44. The summed E-state index contributed by atoms with van der Waals surface area (Å²) in [6, 6.07) is 8.81. The van der Waals surface area contributed by atoms with Gasteiger partial charge in [-0.25, -0.2) is 9.78 Å². The number of aliphatic hydroxyl groups excluding tert-OH is 1. The van der Waals surface area contributed by atoms with E-state index in [1.54, 1.807) is 57.2 Å². The molecular formula is C28H28N2O8S. The predicted molar refractivity (Wildman–Crippen MR) is 145 cm³/mol. The maximum atomic E-state index is 13.6. The number of amides is 1. The first-order valence-electron chi connectivity index (χ1n) is 12.0. The van der Waals surface area contributed by atoms with Gasteiger partial charge in [0.05, 0.1) is 39.2 Å². The molecule has 0 spiro atoms. The number of esters is 1. The van der Waals surface area contributed by atoms with Crippen molar-refractivity contribution in [3.63, 3.8) is 0 Å². The Hall–Kier alpha value is -4.38. The molecule has 1 fully saturated rings. The first-order valence-corrected chi connectivity index (χ1v) is 12.8. The minimum Gasteiger partial charge on any atom is -0.507 e. The molecule has 1 saturated heterocycles. The van der Waals surface area contributed by atoms with Crippen LogP contribution in [0.25, 0.3) is 5.76 Å². The standard InChI is InChI=1S/C28H28N2O8S/c1-7-38-27(34)25-15(3)29-28(39-25)30-21(17-9-8-10-19(36-5)24(17)37-6)20(23(32)26(30)33)22(31)16-11-12-18(35-4)14(2)13-16/h8-13,21,31H,7H2,1-6H3. The van der Waals surface area contributed by atoms with E-state index in [2.05, 4.69) is 4.98 Å². The minimum atomic E-state index is -1.14. The van der Waals surface area contributed by atoms with Crippen LogP contribution in [0.5, 0.6) is 17.2 Å². The number of hydrogen-bond acceptors (Lipinski definition) is 10. The monoisotopic (exact) mass is 552 g/mol. The second kappa shape index (κ2) is 11.2. The third-order valence-electron chi connectivity index (χ3n) is 6.29. The van der Waals surface area contributed by atoms with Gasteiger partial charge in [-0.3, -0.25) is 14.5 Å². The molecule has 0 radical (unpaired) electrons. The molecule has 1 aliphatic rings. The number of ether oxygens (including phenoxy) is 4. The Balaban J connectivity index is 1.99. The molecule has 204 valence electrons. The number of nitrogens with zero attached hydrogens (tertiary/aromatic N) is 2. The van der Waals surface area contributed by atoms with Gasteiger partial charge in [-0.2, -0.15) is 0 Å². The quantitative estimate of drug-likeness (QED) is 0.185. The molecule has 0 aliphatic carbocycles. The number of rotatable bonds is 8. The maximum Gasteiger partial charge on any atom is 0.350 e. The van der Waals surface area contributed by atoms with Crippen LogP contribution in [0.15, 0.2) is 42.0 Å². The summed E-state index contributed by atoms with van der Waals surface area (Å²) in [7, 11) is 4.43. The molecule has 0 saturated carbocycles. The summed E-state index contributed by atoms with van der Waals surface area (Å²) >= 11 is 0.924. The number of aliphatic hydroxyl groups is 1. The van der Waals surface area contributed by atoms with Gasteiger partial charge in [-0.15, -0.1) is 0 Å². The van der Waals surface area contributed by atoms with E-state index in [4.69, 9.17) is 18.9 Å². The number of aromatic nitrogens is 1. The van der Waals surface area contributed by atoms with Crippen LogP contribution >= 0.6 is 11.3 Å². The number of anilines is 1. The van der Waals surface area contributed by atoms with Gasteiger partial charge in [0, 0.05) is 11.1 Å². The lowest BCUT2D eigenvalue weighted by Gasteiger charge is -2.25. The first kappa shape index (κ1) is 27.6. The number of aryl methyl sites for hydroxylation is 2. The van der Waals surface area contributed by atoms with Gasteiger partial charge in [0.15, 0.2) is 16.6 Å². The fourth-order valence-electron chi connectivity index (χ4n) is 4.50.